The molecule has 2 aromatic rings. The fraction of sp³-hybridized carbons (Fsp3) is 0.450. The average molecular weight is 373 g/mol. The lowest BCUT2D eigenvalue weighted by molar-refractivity contribution is 0.112. The van der Waals surface area contributed by atoms with Gasteiger partial charge in [0.05, 0.1) is 11.3 Å². The lowest BCUT2D eigenvalue weighted by Crippen LogP contribution is -2.39. The third-order valence-electron chi connectivity index (χ3n) is 4.32. The van der Waals surface area contributed by atoms with Gasteiger partial charge in [-0.15, -0.1) is 0 Å². The topological polar surface area (TPSA) is 98.7 Å². The Morgan fingerprint density at radius 1 is 1.04 bits per heavy atom. The second-order valence-corrected chi connectivity index (χ2v) is 7.22. The van der Waals surface area contributed by atoms with Crippen molar-refractivity contribution in [2.75, 3.05) is 31.8 Å². The second-order valence-electron chi connectivity index (χ2n) is 7.22. The van der Waals surface area contributed by atoms with E-state index in [1.165, 1.54) is 12.5 Å². The third kappa shape index (κ3) is 5.17. The first-order valence-electron chi connectivity index (χ1n) is 9.10. The number of aromatic hydroxyl groups is 1. The summed E-state index contributed by atoms with van der Waals surface area (Å²) in [6.07, 6.45) is 5.90. The smallest absolute Gasteiger partial charge is 0.253 e. The van der Waals surface area contributed by atoms with Gasteiger partial charge in [0.25, 0.3) is 10.9 Å². The minimum atomic E-state index is -0.612. The number of carbonyl (C=O) groups is 1. The maximum atomic E-state index is 11.8. The van der Waals surface area contributed by atoms with Crippen LogP contribution in [-0.4, -0.2) is 43.5 Å². The fourth-order valence-corrected chi connectivity index (χ4v) is 2.99. The summed E-state index contributed by atoms with van der Waals surface area (Å²) in [5, 5.41) is 15.9. The molecule has 7 nitrogen and oxygen atoms in total. The normalized spacial score (nSPS) is 14.5. The van der Waals surface area contributed by atoms with Gasteiger partial charge in [-0.1, -0.05) is 25.3 Å². The predicted molar refractivity (Wildman–Crippen MR) is 108 cm³/mol. The Kier molecular flexibility index (Phi) is 7.12. The molecule has 0 atom stereocenters. The molecular formula is C20H27N3O4. The number of benzene rings is 1. The van der Waals surface area contributed by atoms with Crippen LogP contribution in [0.15, 0.2) is 27.8 Å². The summed E-state index contributed by atoms with van der Waals surface area (Å²) in [6.45, 7) is 0. The van der Waals surface area contributed by atoms with E-state index in [0.29, 0.717) is 6.29 Å². The van der Waals surface area contributed by atoms with Gasteiger partial charge in [0, 0.05) is 6.04 Å². The molecule has 0 aliphatic heterocycles. The zero-order valence-corrected chi connectivity index (χ0v) is 16.0. The minimum absolute atomic E-state index is 0.121. The fourth-order valence-electron chi connectivity index (χ4n) is 2.99. The molecule has 0 unspecified atom stereocenters. The molecule has 146 valence electrons. The highest BCUT2D eigenvalue weighted by Crippen LogP contribution is 2.31. The highest BCUT2D eigenvalue weighted by atomic mass is 16.3. The van der Waals surface area contributed by atoms with E-state index in [1.54, 1.807) is 12.1 Å². The quantitative estimate of drug-likeness (QED) is 0.421. The molecule has 1 saturated carbocycles. The molecule has 0 amide bonds. The molecule has 0 saturated heterocycles. The molecular weight excluding hydrogens is 346 g/mol. The van der Waals surface area contributed by atoms with E-state index in [9.17, 15) is 19.5 Å². The molecule has 0 radical (unpaired) electrons. The van der Waals surface area contributed by atoms with Crippen LogP contribution in [0.25, 0.3) is 0 Å². The van der Waals surface area contributed by atoms with Gasteiger partial charge >= 0.3 is 0 Å². The van der Waals surface area contributed by atoms with Crippen molar-refractivity contribution < 1.29 is 9.90 Å². The zero-order valence-electron chi connectivity index (χ0n) is 16.0. The number of nitrogens with one attached hydrogen (secondary N) is 2. The van der Waals surface area contributed by atoms with Crippen LogP contribution in [0, 0.1) is 0 Å². The van der Waals surface area contributed by atoms with Crippen LogP contribution < -0.4 is 21.5 Å². The Hall–Kier alpha value is -2.67. The van der Waals surface area contributed by atoms with Gasteiger partial charge < -0.3 is 20.6 Å². The molecule has 2 aromatic carbocycles. The number of phenolic OH excluding ortho intramolecular Hbond substituents is 1. The van der Waals surface area contributed by atoms with Crippen LogP contribution in [0.4, 0.5) is 17.1 Å². The lowest BCUT2D eigenvalue weighted by Gasteiger charge is -2.25. The highest BCUT2D eigenvalue weighted by Gasteiger charge is 2.25. The van der Waals surface area contributed by atoms with E-state index in [0.717, 1.165) is 25.7 Å². The van der Waals surface area contributed by atoms with Crippen molar-refractivity contribution in [1.82, 2.24) is 4.90 Å². The number of aldehydes is 1. The van der Waals surface area contributed by atoms with Gasteiger partial charge in [0.15, 0.2) is 6.29 Å². The molecule has 27 heavy (non-hydrogen) atoms. The maximum absolute atomic E-state index is 11.8. The molecule has 3 rings (SSSR count). The first-order valence-corrected chi connectivity index (χ1v) is 9.10. The summed E-state index contributed by atoms with van der Waals surface area (Å²) < 4.78 is 0. The first-order chi connectivity index (χ1) is 12.8. The third-order valence-corrected chi connectivity index (χ3v) is 4.32. The van der Waals surface area contributed by atoms with Gasteiger partial charge in [0.1, 0.15) is 17.1 Å². The van der Waals surface area contributed by atoms with Gasteiger partial charge in [-0.2, -0.15) is 0 Å². The van der Waals surface area contributed by atoms with Gasteiger partial charge in [-0.25, -0.2) is 0 Å². The molecule has 1 aliphatic carbocycles. The lowest BCUT2D eigenvalue weighted by atomic mass is 9.95. The summed E-state index contributed by atoms with van der Waals surface area (Å²) in [5.41, 5.74) is -0.371. The van der Waals surface area contributed by atoms with Crippen molar-refractivity contribution in [3.63, 3.8) is 0 Å². The number of carbonyl (C=O) groups excluding carboxylic acids is 1. The van der Waals surface area contributed by atoms with Crippen molar-refractivity contribution in [2.24, 2.45) is 0 Å². The summed E-state index contributed by atoms with van der Waals surface area (Å²) in [5.74, 6) is -0.237. The number of nitrogens with zero attached hydrogens (tertiary/aromatic N) is 1. The molecule has 0 aromatic heterocycles. The van der Waals surface area contributed by atoms with Gasteiger partial charge in [-0.3, -0.25) is 14.4 Å². The van der Waals surface area contributed by atoms with E-state index < -0.39 is 10.9 Å². The summed E-state index contributed by atoms with van der Waals surface area (Å²) >= 11 is 0. The van der Waals surface area contributed by atoms with E-state index in [2.05, 4.69) is 10.6 Å². The first kappa shape index (κ1) is 20.6. The number of rotatable bonds is 5. The Bertz CT molecular complexity index is 845. The van der Waals surface area contributed by atoms with Crippen molar-refractivity contribution in [3.05, 3.63) is 44.2 Å². The van der Waals surface area contributed by atoms with Gasteiger partial charge in [0.2, 0.25) is 0 Å². The van der Waals surface area contributed by atoms with Crippen LogP contribution in [0.1, 0.15) is 42.5 Å². The van der Waals surface area contributed by atoms with E-state index in [1.807, 2.05) is 26.0 Å². The Morgan fingerprint density at radius 2 is 1.63 bits per heavy atom. The molecule has 0 heterocycles. The Morgan fingerprint density at radius 3 is 2.22 bits per heavy atom. The van der Waals surface area contributed by atoms with E-state index >= 15 is 0 Å². The van der Waals surface area contributed by atoms with E-state index in [4.69, 9.17) is 0 Å². The summed E-state index contributed by atoms with van der Waals surface area (Å²) in [4.78, 5) is 36.5. The van der Waals surface area contributed by atoms with Crippen molar-refractivity contribution in [1.29, 1.82) is 0 Å². The predicted octanol–water partition coefficient (Wildman–Crippen LogP) is 2.47. The van der Waals surface area contributed by atoms with Crippen LogP contribution >= 0.6 is 0 Å². The molecule has 1 fully saturated rings. The van der Waals surface area contributed by atoms with Crippen LogP contribution in [0.5, 0.6) is 5.75 Å². The maximum Gasteiger partial charge on any atom is 0.253 e. The van der Waals surface area contributed by atoms with Crippen molar-refractivity contribution in [3.8, 4) is 5.75 Å². The Labute approximate surface area is 158 Å². The van der Waals surface area contributed by atoms with Crippen LogP contribution in [0.3, 0.4) is 0 Å². The number of para-hydroxylation sites is 1. The molecule has 0 spiro atoms. The largest absolute Gasteiger partial charge is 0.505 e. The highest BCUT2D eigenvalue weighted by molar-refractivity contribution is 5.87. The molecule has 1 aliphatic rings. The Balaban J connectivity index is 0.000000596. The zero-order chi connectivity index (χ0) is 20.0. The molecule has 3 N–H and O–H groups in total. The number of anilines is 3. The average Bonchev–Trinajstić information content (AvgIpc) is 2.65. The summed E-state index contributed by atoms with van der Waals surface area (Å²) in [6, 6.07) is 4.80. The SMILES string of the molecule is CN(C)C.O=Cc1cccc(Nc2c(NC3CCCCC3)c(=O)c2=O)c1O. The standard InChI is InChI=1S/C17H18N2O4.C3H9N/c20-9-10-5-4-8-12(15(10)21)19-14-13(16(22)17(14)23)18-11-6-2-1-3-7-11;1-4(2)3/h4-5,8-9,11,18-19,21H,1-3,6-7H2;1-3H3. The summed E-state index contributed by atoms with van der Waals surface area (Å²) in [7, 11) is 6.00. The van der Waals surface area contributed by atoms with Crippen LogP contribution in [0.2, 0.25) is 0 Å². The van der Waals surface area contributed by atoms with E-state index in [-0.39, 0.29) is 34.4 Å². The minimum Gasteiger partial charge on any atom is -0.505 e. The van der Waals surface area contributed by atoms with Crippen molar-refractivity contribution >= 4 is 23.3 Å². The number of hydrogen-bond donors (Lipinski definition) is 3. The molecule has 7 heteroatoms. The number of hydrogen-bond acceptors (Lipinski definition) is 7. The number of phenols is 1. The van der Waals surface area contributed by atoms with Gasteiger partial charge in [-0.05, 0) is 46.1 Å². The van der Waals surface area contributed by atoms with Crippen LogP contribution in [-0.2, 0) is 0 Å². The second kappa shape index (κ2) is 9.32. The monoisotopic (exact) mass is 373 g/mol. The molecule has 0 bridgehead atoms. The van der Waals surface area contributed by atoms with Crippen molar-refractivity contribution in [2.45, 2.75) is 38.1 Å².